The van der Waals surface area contributed by atoms with Crippen LogP contribution < -0.4 is 10.2 Å². The van der Waals surface area contributed by atoms with E-state index in [0.717, 1.165) is 36.4 Å². The topological polar surface area (TPSA) is 47.0 Å². The molecule has 1 unspecified atom stereocenters. The van der Waals surface area contributed by atoms with Crippen molar-refractivity contribution in [1.29, 1.82) is 0 Å². The summed E-state index contributed by atoms with van der Waals surface area (Å²) in [6.07, 6.45) is 2.60. The fourth-order valence-electron chi connectivity index (χ4n) is 3.12. The molecule has 1 atom stereocenters. The van der Waals surface area contributed by atoms with Gasteiger partial charge in [-0.2, -0.15) is 0 Å². The largest absolute Gasteiger partial charge is 0.357 e. The lowest BCUT2D eigenvalue weighted by molar-refractivity contribution is 0.232. The van der Waals surface area contributed by atoms with Gasteiger partial charge in [0.1, 0.15) is 0 Å². The molecule has 1 N–H and O–H groups in total. The van der Waals surface area contributed by atoms with Crippen LogP contribution in [0.4, 0.5) is 5.13 Å². The predicted molar refractivity (Wildman–Crippen MR) is 104 cm³/mol. The van der Waals surface area contributed by atoms with Crippen LogP contribution in [0.2, 0.25) is 0 Å². The molecule has 7 heteroatoms. The molecule has 1 fully saturated rings. The van der Waals surface area contributed by atoms with E-state index in [1.165, 1.54) is 19.4 Å². The Balaban J connectivity index is 1.98. The highest BCUT2D eigenvalue weighted by atomic mass is 32.1. The normalized spacial score (nSPS) is 18.9. The predicted octanol–water partition coefficient (Wildman–Crippen LogP) is 2.09. The third-order valence-electron chi connectivity index (χ3n) is 4.40. The molecule has 24 heavy (non-hydrogen) atoms. The lowest BCUT2D eigenvalue weighted by atomic mass is 10.2. The molecule has 2 rings (SSSR count). The first-order valence-electron chi connectivity index (χ1n) is 8.90. The first-order chi connectivity index (χ1) is 11.5. The molecule has 6 nitrogen and oxygen atoms in total. The third-order valence-corrected chi connectivity index (χ3v) is 5.46. The highest BCUT2D eigenvalue weighted by Gasteiger charge is 2.24. The minimum absolute atomic E-state index is 0.624. The standard InChI is InChI=1S/C17H32N6S/c1-6-18-16(19-11-14-13-24-17(20-14)21(3)4)22(5)12-15-9-8-10-23(15)7-2/h13,15H,6-12H2,1-5H3,(H,18,19). The van der Waals surface area contributed by atoms with Crippen molar-refractivity contribution in [3.63, 3.8) is 0 Å². The number of thiazole rings is 1. The first-order valence-corrected chi connectivity index (χ1v) is 9.78. The summed E-state index contributed by atoms with van der Waals surface area (Å²) in [6, 6.07) is 0.642. The van der Waals surface area contributed by atoms with Crippen LogP contribution in [-0.4, -0.2) is 74.1 Å². The van der Waals surface area contributed by atoms with Gasteiger partial charge in [0.2, 0.25) is 0 Å². The summed E-state index contributed by atoms with van der Waals surface area (Å²) >= 11 is 1.67. The molecular formula is C17H32N6S. The van der Waals surface area contributed by atoms with Gasteiger partial charge in [0, 0.05) is 45.7 Å². The molecule has 0 aromatic carbocycles. The quantitative estimate of drug-likeness (QED) is 0.601. The molecule has 0 aliphatic carbocycles. The molecule has 0 spiro atoms. The average molecular weight is 353 g/mol. The van der Waals surface area contributed by atoms with Crippen LogP contribution in [-0.2, 0) is 6.54 Å². The highest BCUT2D eigenvalue weighted by Crippen LogP contribution is 2.19. The summed E-state index contributed by atoms with van der Waals surface area (Å²) in [5.74, 6) is 0.972. The molecule has 0 bridgehead atoms. The second-order valence-corrected chi connectivity index (χ2v) is 7.33. The Bertz CT molecular complexity index is 527. The maximum Gasteiger partial charge on any atom is 0.194 e. The molecule has 0 radical (unpaired) electrons. The van der Waals surface area contributed by atoms with Crippen molar-refractivity contribution < 1.29 is 0 Å². The Morgan fingerprint density at radius 1 is 1.42 bits per heavy atom. The van der Waals surface area contributed by atoms with Gasteiger partial charge in [0.05, 0.1) is 12.2 Å². The van der Waals surface area contributed by atoms with Crippen molar-refractivity contribution in [3.05, 3.63) is 11.1 Å². The zero-order valence-corrected chi connectivity index (χ0v) is 16.6. The van der Waals surface area contributed by atoms with E-state index in [-0.39, 0.29) is 0 Å². The average Bonchev–Trinajstić information content (AvgIpc) is 3.20. The second kappa shape index (κ2) is 9.22. The minimum Gasteiger partial charge on any atom is -0.357 e. The van der Waals surface area contributed by atoms with E-state index in [1.807, 2.05) is 19.0 Å². The lowest BCUT2D eigenvalue weighted by Gasteiger charge is -2.29. The van der Waals surface area contributed by atoms with Gasteiger partial charge in [-0.15, -0.1) is 11.3 Å². The van der Waals surface area contributed by atoms with Crippen LogP contribution in [0.25, 0.3) is 0 Å². The number of aliphatic imine (C=N–C) groups is 1. The Hall–Kier alpha value is -1.34. The van der Waals surface area contributed by atoms with Crippen molar-refractivity contribution in [3.8, 4) is 0 Å². The van der Waals surface area contributed by atoms with E-state index < -0.39 is 0 Å². The Kier molecular flexibility index (Phi) is 7.30. The van der Waals surface area contributed by atoms with Crippen molar-refractivity contribution in [2.45, 2.75) is 39.3 Å². The Morgan fingerprint density at radius 3 is 2.83 bits per heavy atom. The van der Waals surface area contributed by atoms with Crippen LogP contribution in [0.5, 0.6) is 0 Å². The molecule has 0 amide bonds. The molecule has 1 aliphatic rings. The van der Waals surface area contributed by atoms with Crippen molar-refractivity contribution in [1.82, 2.24) is 20.1 Å². The molecule has 1 aromatic rings. The smallest absolute Gasteiger partial charge is 0.194 e. The summed E-state index contributed by atoms with van der Waals surface area (Å²) in [7, 11) is 6.18. The Labute approximate surface area is 150 Å². The molecule has 1 aromatic heterocycles. The van der Waals surface area contributed by atoms with Crippen molar-refractivity contribution in [2.75, 3.05) is 52.2 Å². The Morgan fingerprint density at radius 2 is 2.21 bits per heavy atom. The lowest BCUT2D eigenvalue weighted by Crippen LogP contribution is -2.45. The van der Waals surface area contributed by atoms with Crippen molar-refractivity contribution in [2.24, 2.45) is 4.99 Å². The minimum atomic E-state index is 0.624. The van der Waals surface area contributed by atoms with Gasteiger partial charge < -0.3 is 15.1 Å². The van der Waals surface area contributed by atoms with Gasteiger partial charge in [-0.05, 0) is 32.9 Å². The fourth-order valence-corrected chi connectivity index (χ4v) is 3.87. The van der Waals surface area contributed by atoms with E-state index in [9.17, 15) is 0 Å². The van der Waals surface area contributed by atoms with Crippen molar-refractivity contribution >= 4 is 22.4 Å². The summed E-state index contributed by atoms with van der Waals surface area (Å²) in [4.78, 5) is 16.3. The summed E-state index contributed by atoms with van der Waals surface area (Å²) in [6.45, 7) is 9.27. The van der Waals surface area contributed by atoms with E-state index >= 15 is 0 Å². The van der Waals surface area contributed by atoms with E-state index in [1.54, 1.807) is 11.3 Å². The summed E-state index contributed by atoms with van der Waals surface area (Å²) in [5.41, 5.74) is 1.03. The number of nitrogens with one attached hydrogen (secondary N) is 1. The maximum absolute atomic E-state index is 4.79. The second-order valence-electron chi connectivity index (χ2n) is 6.49. The number of anilines is 1. The molecule has 1 aliphatic heterocycles. The van der Waals surface area contributed by atoms with Crippen LogP contribution in [0.15, 0.2) is 10.4 Å². The highest BCUT2D eigenvalue weighted by molar-refractivity contribution is 7.13. The summed E-state index contributed by atoms with van der Waals surface area (Å²) in [5, 5.41) is 6.54. The molecule has 1 saturated heterocycles. The van der Waals surface area contributed by atoms with Gasteiger partial charge in [0.15, 0.2) is 11.1 Å². The van der Waals surface area contributed by atoms with Gasteiger partial charge in [0.25, 0.3) is 0 Å². The monoisotopic (exact) mass is 352 g/mol. The number of likely N-dealkylation sites (N-methyl/N-ethyl adjacent to an activating group) is 2. The molecule has 136 valence electrons. The van der Waals surface area contributed by atoms with Gasteiger partial charge in [-0.3, -0.25) is 4.90 Å². The zero-order chi connectivity index (χ0) is 17.5. The SMILES string of the molecule is CCNC(=NCc1csc(N(C)C)n1)N(C)CC1CCCN1CC. The van der Waals surface area contributed by atoms with E-state index in [4.69, 9.17) is 4.99 Å². The van der Waals surface area contributed by atoms with Gasteiger partial charge in [-0.25, -0.2) is 9.98 Å². The number of hydrogen-bond acceptors (Lipinski definition) is 5. The maximum atomic E-state index is 4.79. The molecule has 2 heterocycles. The number of aromatic nitrogens is 1. The first kappa shape index (κ1) is 19.0. The van der Waals surface area contributed by atoms with Crippen LogP contribution in [0.1, 0.15) is 32.4 Å². The molecule has 0 saturated carbocycles. The number of guanidine groups is 1. The number of likely N-dealkylation sites (tertiary alicyclic amines) is 1. The van der Waals surface area contributed by atoms with E-state index in [0.29, 0.717) is 12.6 Å². The van der Waals surface area contributed by atoms with Crippen LogP contribution in [0, 0.1) is 0 Å². The zero-order valence-electron chi connectivity index (χ0n) is 15.7. The van der Waals surface area contributed by atoms with Gasteiger partial charge in [-0.1, -0.05) is 6.92 Å². The van der Waals surface area contributed by atoms with Crippen LogP contribution >= 0.6 is 11.3 Å². The third kappa shape index (κ3) is 5.08. The number of rotatable bonds is 7. The van der Waals surface area contributed by atoms with Crippen LogP contribution in [0.3, 0.4) is 0 Å². The van der Waals surface area contributed by atoms with Gasteiger partial charge >= 0.3 is 0 Å². The fraction of sp³-hybridized carbons (Fsp3) is 0.765. The number of nitrogens with zero attached hydrogens (tertiary/aromatic N) is 5. The number of hydrogen-bond donors (Lipinski definition) is 1. The summed E-state index contributed by atoms with van der Waals surface area (Å²) < 4.78 is 0. The van der Waals surface area contributed by atoms with E-state index in [2.05, 4.69) is 46.4 Å². The molecular weight excluding hydrogens is 320 g/mol.